The topological polar surface area (TPSA) is 41.1 Å². The monoisotopic (exact) mass is 298 g/mol. The van der Waals surface area contributed by atoms with E-state index in [0.717, 1.165) is 25.0 Å². The van der Waals surface area contributed by atoms with Gasteiger partial charge in [-0.1, -0.05) is 32.6 Å². The Morgan fingerprint density at radius 3 is 2.60 bits per heavy atom. The molecule has 2 fully saturated rings. The van der Waals surface area contributed by atoms with E-state index in [1.54, 1.807) is 0 Å². The molecule has 0 spiro atoms. The van der Waals surface area contributed by atoms with Gasteiger partial charge in [0, 0.05) is 23.3 Å². The standard InChI is InChI=1S/C16H30N2OS/c1-3-20-14-9-7-8-13(14)18-15(19)12-16(17-2)10-5-4-6-11-16/h13-14,17H,3-12H2,1-2H3,(H,18,19). The maximum atomic E-state index is 12.4. The number of hydrogen-bond donors (Lipinski definition) is 2. The maximum Gasteiger partial charge on any atom is 0.222 e. The Morgan fingerprint density at radius 1 is 1.20 bits per heavy atom. The van der Waals surface area contributed by atoms with Gasteiger partial charge in [0.25, 0.3) is 0 Å². The number of carbonyl (C=O) groups is 1. The molecule has 0 saturated heterocycles. The van der Waals surface area contributed by atoms with Crippen LogP contribution in [0.2, 0.25) is 0 Å². The third-order valence-electron chi connectivity index (χ3n) is 5.02. The number of carbonyl (C=O) groups excluding carboxylic acids is 1. The molecule has 0 heterocycles. The molecule has 0 aliphatic heterocycles. The van der Waals surface area contributed by atoms with Crippen LogP contribution < -0.4 is 10.6 Å². The van der Waals surface area contributed by atoms with E-state index >= 15 is 0 Å². The second-order valence-electron chi connectivity index (χ2n) is 6.37. The maximum absolute atomic E-state index is 12.4. The molecule has 0 bridgehead atoms. The average Bonchev–Trinajstić information content (AvgIpc) is 2.87. The molecule has 2 unspecified atom stereocenters. The molecular formula is C16H30N2OS. The van der Waals surface area contributed by atoms with Crippen molar-refractivity contribution in [1.29, 1.82) is 0 Å². The van der Waals surface area contributed by atoms with Crippen molar-refractivity contribution in [3.8, 4) is 0 Å². The summed E-state index contributed by atoms with van der Waals surface area (Å²) in [6.07, 6.45) is 10.5. The smallest absolute Gasteiger partial charge is 0.222 e. The van der Waals surface area contributed by atoms with Crippen LogP contribution in [0.5, 0.6) is 0 Å². The van der Waals surface area contributed by atoms with Gasteiger partial charge in [-0.15, -0.1) is 0 Å². The zero-order chi connectivity index (χ0) is 14.4. The minimum Gasteiger partial charge on any atom is -0.352 e. The fourth-order valence-electron chi connectivity index (χ4n) is 3.81. The van der Waals surface area contributed by atoms with Crippen molar-refractivity contribution in [1.82, 2.24) is 10.6 Å². The second-order valence-corrected chi connectivity index (χ2v) is 7.88. The van der Waals surface area contributed by atoms with Crippen molar-refractivity contribution >= 4 is 17.7 Å². The highest BCUT2D eigenvalue weighted by Crippen LogP contribution is 2.32. The fraction of sp³-hybridized carbons (Fsp3) is 0.938. The summed E-state index contributed by atoms with van der Waals surface area (Å²) >= 11 is 2.01. The highest BCUT2D eigenvalue weighted by atomic mass is 32.2. The van der Waals surface area contributed by atoms with Crippen molar-refractivity contribution < 1.29 is 4.79 Å². The predicted octanol–water partition coefficient (Wildman–Crippen LogP) is 3.09. The van der Waals surface area contributed by atoms with Crippen LogP contribution in [0, 0.1) is 0 Å². The summed E-state index contributed by atoms with van der Waals surface area (Å²) in [5.41, 5.74) is 0.0638. The molecule has 2 N–H and O–H groups in total. The molecule has 2 aliphatic rings. The normalized spacial score (nSPS) is 29.3. The average molecular weight is 298 g/mol. The molecule has 3 nitrogen and oxygen atoms in total. The quantitative estimate of drug-likeness (QED) is 0.792. The molecule has 1 amide bonds. The number of hydrogen-bond acceptors (Lipinski definition) is 3. The Morgan fingerprint density at radius 2 is 1.95 bits per heavy atom. The Labute approximate surface area is 128 Å². The van der Waals surface area contributed by atoms with Crippen LogP contribution in [0.15, 0.2) is 0 Å². The van der Waals surface area contributed by atoms with E-state index in [2.05, 4.69) is 17.6 Å². The van der Waals surface area contributed by atoms with Gasteiger partial charge in [-0.3, -0.25) is 4.79 Å². The molecular weight excluding hydrogens is 268 g/mol. The summed E-state index contributed by atoms with van der Waals surface area (Å²) < 4.78 is 0. The molecule has 116 valence electrons. The third-order valence-corrected chi connectivity index (χ3v) is 6.35. The lowest BCUT2D eigenvalue weighted by atomic mass is 9.79. The number of thioether (sulfide) groups is 1. The van der Waals surface area contributed by atoms with Crippen molar-refractivity contribution in [2.24, 2.45) is 0 Å². The van der Waals surface area contributed by atoms with Gasteiger partial charge in [-0.2, -0.15) is 11.8 Å². The Balaban J connectivity index is 1.84. The van der Waals surface area contributed by atoms with Crippen LogP contribution in [-0.4, -0.2) is 35.5 Å². The largest absolute Gasteiger partial charge is 0.352 e. The van der Waals surface area contributed by atoms with Crippen molar-refractivity contribution in [3.05, 3.63) is 0 Å². The Kier molecular flexibility index (Phi) is 6.21. The molecule has 20 heavy (non-hydrogen) atoms. The van der Waals surface area contributed by atoms with E-state index in [9.17, 15) is 4.79 Å². The summed E-state index contributed by atoms with van der Waals surface area (Å²) in [4.78, 5) is 12.4. The number of rotatable bonds is 6. The van der Waals surface area contributed by atoms with Crippen LogP contribution >= 0.6 is 11.8 Å². The van der Waals surface area contributed by atoms with Gasteiger partial charge < -0.3 is 10.6 Å². The summed E-state index contributed by atoms with van der Waals surface area (Å²) in [6.45, 7) is 2.21. The van der Waals surface area contributed by atoms with Crippen LogP contribution in [-0.2, 0) is 4.79 Å². The first-order valence-corrected chi connectivity index (χ1v) is 9.34. The van der Waals surface area contributed by atoms with Gasteiger partial charge in [0.1, 0.15) is 0 Å². The van der Waals surface area contributed by atoms with Crippen LogP contribution in [0.3, 0.4) is 0 Å². The van der Waals surface area contributed by atoms with Crippen LogP contribution in [0.25, 0.3) is 0 Å². The second kappa shape index (κ2) is 7.69. The van der Waals surface area contributed by atoms with Crippen molar-refractivity contribution in [3.63, 3.8) is 0 Å². The molecule has 2 saturated carbocycles. The fourth-order valence-corrected chi connectivity index (χ4v) is 5.01. The van der Waals surface area contributed by atoms with Gasteiger partial charge >= 0.3 is 0 Å². The first-order chi connectivity index (χ1) is 9.69. The summed E-state index contributed by atoms with van der Waals surface area (Å²) in [5, 5.41) is 7.40. The summed E-state index contributed by atoms with van der Waals surface area (Å²) in [6, 6.07) is 0.407. The van der Waals surface area contributed by atoms with Gasteiger partial charge in [-0.05, 0) is 38.5 Å². The molecule has 4 heteroatoms. The van der Waals surface area contributed by atoms with Gasteiger partial charge in [0.05, 0.1) is 0 Å². The van der Waals surface area contributed by atoms with Crippen molar-refractivity contribution in [2.75, 3.05) is 12.8 Å². The zero-order valence-corrected chi connectivity index (χ0v) is 13.9. The Bertz CT molecular complexity index is 316. The lowest BCUT2D eigenvalue weighted by Gasteiger charge is -2.37. The highest BCUT2D eigenvalue weighted by Gasteiger charge is 2.34. The third kappa shape index (κ3) is 4.14. The first kappa shape index (κ1) is 16.2. The van der Waals surface area contributed by atoms with E-state index in [1.807, 2.05) is 18.8 Å². The van der Waals surface area contributed by atoms with Gasteiger partial charge in [-0.25, -0.2) is 0 Å². The summed E-state index contributed by atoms with van der Waals surface area (Å²) in [5.74, 6) is 1.41. The van der Waals surface area contributed by atoms with E-state index < -0.39 is 0 Å². The molecule has 0 aromatic heterocycles. The van der Waals surface area contributed by atoms with Crippen LogP contribution in [0.1, 0.15) is 64.7 Å². The Hall–Kier alpha value is -0.220. The minimum atomic E-state index is 0.0638. The molecule has 0 aromatic carbocycles. The molecule has 2 rings (SSSR count). The highest BCUT2D eigenvalue weighted by molar-refractivity contribution is 7.99. The molecule has 0 aromatic rings. The van der Waals surface area contributed by atoms with Crippen molar-refractivity contribution in [2.45, 2.75) is 81.5 Å². The number of nitrogens with one attached hydrogen (secondary N) is 2. The zero-order valence-electron chi connectivity index (χ0n) is 13.0. The van der Waals surface area contributed by atoms with Gasteiger partial charge in [0.2, 0.25) is 5.91 Å². The molecule has 0 radical (unpaired) electrons. The minimum absolute atomic E-state index is 0.0638. The number of amides is 1. The predicted molar refractivity (Wildman–Crippen MR) is 87.2 cm³/mol. The lowest BCUT2D eigenvalue weighted by Crippen LogP contribution is -2.50. The lowest BCUT2D eigenvalue weighted by molar-refractivity contribution is -0.123. The van der Waals surface area contributed by atoms with E-state index in [0.29, 0.717) is 17.7 Å². The molecule has 2 atom stereocenters. The van der Waals surface area contributed by atoms with Crippen LogP contribution in [0.4, 0.5) is 0 Å². The van der Waals surface area contributed by atoms with E-state index in [1.165, 1.54) is 32.1 Å². The first-order valence-electron chi connectivity index (χ1n) is 8.29. The van der Waals surface area contributed by atoms with E-state index in [4.69, 9.17) is 0 Å². The molecule has 2 aliphatic carbocycles. The SMILES string of the molecule is CCSC1CCCC1NC(=O)CC1(NC)CCCCC1. The van der Waals surface area contributed by atoms with E-state index in [-0.39, 0.29) is 11.4 Å². The van der Waals surface area contributed by atoms with Gasteiger partial charge in [0.15, 0.2) is 0 Å². The summed E-state index contributed by atoms with van der Waals surface area (Å²) in [7, 11) is 2.02.